The van der Waals surface area contributed by atoms with Crippen molar-refractivity contribution in [2.24, 2.45) is 5.73 Å². The zero-order valence-corrected chi connectivity index (χ0v) is 11.5. The van der Waals surface area contributed by atoms with Gasteiger partial charge in [0.15, 0.2) is 5.13 Å². The molecule has 0 fully saturated rings. The molecule has 1 atom stereocenters. The molecule has 18 heavy (non-hydrogen) atoms. The molecule has 102 valence electrons. The van der Waals surface area contributed by atoms with Crippen LogP contribution >= 0.6 is 11.3 Å². The van der Waals surface area contributed by atoms with Gasteiger partial charge in [-0.2, -0.15) is 4.98 Å². The molecular formula is C10H18N4O3S. The Bertz CT molecular complexity index is 408. The number of amides is 1. The van der Waals surface area contributed by atoms with E-state index in [4.69, 9.17) is 10.5 Å². The number of rotatable bonds is 7. The number of primary amides is 1. The first-order chi connectivity index (χ1) is 8.45. The number of hydrogen-bond donors (Lipinski definition) is 3. The largest absolute Gasteiger partial charge is 0.480 e. The Balaban J connectivity index is 2.58. The number of aliphatic hydroxyl groups is 1. The Hall–Kier alpha value is -1.38. The summed E-state index contributed by atoms with van der Waals surface area (Å²) in [6, 6.07) is 0. The van der Waals surface area contributed by atoms with Crippen LogP contribution < -0.4 is 20.7 Å². The summed E-state index contributed by atoms with van der Waals surface area (Å²) in [5.41, 5.74) is 4.95. The minimum Gasteiger partial charge on any atom is -0.480 e. The van der Waals surface area contributed by atoms with Crippen LogP contribution in [0, 0.1) is 0 Å². The third kappa shape index (κ3) is 3.83. The van der Waals surface area contributed by atoms with Crippen LogP contribution in [0.2, 0.25) is 0 Å². The Morgan fingerprint density at radius 3 is 2.83 bits per heavy atom. The fourth-order valence-electron chi connectivity index (χ4n) is 1.21. The van der Waals surface area contributed by atoms with Gasteiger partial charge >= 0.3 is 0 Å². The molecule has 1 aromatic heterocycles. The van der Waals surface area contributed by atoms with E-state index in [1.807, 2.05) is 19.0 Å². The predicted octanol–water partition coefficient (Wildman–Crippen LogP) is -0.846. The molecule has 0 spiro atoms. The maximum atomic E-state index is 10.6. The zero-order valence-electron chi connectivity index (χ0n) is 10.6. The summed E-state index contributed by atoms with van der Waals surface area (Å²) in [7, 11) is 5.34. The second-order valence-corrected chi connectivity index (χ2v) is 4.93. The number of nitrogens with zero attached hydrogens (tertiary/aromatic N) is 2. The molecule has 0 aliphatic heterocycles. The number of aromatic nitrogens is 1. The molecule has 0 saturated heterocycles. The van der Waals surface area contributed by atoms with E-state index in [-0.39, 0.29) is 6.54 Å². The third-order valence-corrected chi connectivity index (χ3v) is 3.38. The van der Waals surface area contributed by atoms with Crippen molar-refractivity contribution in [1.29, 1.82) is 0 Å². The van der Waals surface area contributed by atoms with Crippen molar-refractivity contribution in [3.63, 3.8) is 0 Å². The molecule has 8 heteroatoms. The van der Waals surface area contributed by atoms with Crippen LogP contribution in [0.25, 0.3) is 0 Å². The molecule has 0 radical (unpaired) electrons. The molecule has 1 amide bonds. The minimum absolute atomic E-state index is 0.105. The molecule has 0 saturated carbocycles. The number of thiazole rings is 1. The summed E-state index contributed by atoms with van der Waals surface area (Å²) in [6.45, 7) is 0.562. The van der Waals surface area contributed by atoms with Crippen molar-refractivity contribution < 1.29 is 14.6 Å². The lowest BCUT2D eigenvalue weighted by molar-refractivity contribution is -0.125. The van der Waals surface area contributed by atoms with Crippen molar-refractivity contribution in [3.05, 3.63) is 4.88 Å². The molecule has 0 bridgehead atoms. The summed E-state index contributed by atoms with van der Waals surface area (Å²) >= 11 is 1.48. The molecule has 1 rings (SSSR count). The average Bonchev–Trinajstić information content (AvgIpc) is 2.72. The molecule has 1 aromatic rings. The van der Waals surface area contributed by atoms with Gasteiger partial charge in [-0.3, -0.25) is 4.79 Å². The summed E-state index contributed by atoms with van der Waals surface area (Å²) in [5.74, 6) is -0.197. The average molecular weight is 274 g/mol. The van der Waals surface area contributed by atoms with Crippen molar-refractivity contribution in [2.75, 3.05) is 32.6 Å². The van der Waals surface area contributed by atoms with E-state index in [1.165, 1.54) is 11.3 Å². The monoisotopic (exact) mass is 274 g/mol. The quantitative estimate of drug-likeness (QED) is 0.599. The van der Waals surface area contributed by atoms with E-state index in [1.54, 1.807) is 7.11 Å². The Morgan fingerprint density at radius 1 is 1.67 bits per heavy atom. The Morgan fingerprint density at radius 2 is 2.33 bits per heavy atom. The van der Waals surface area contributed by atoms with Crippen molar-refractivity contribution in [2.45, 2.75) is 12.6 Å². The van der Waals surface area contributed by atoms with E-state index in [2.05, 4.69) is 10.3 Å². The number of carbonyl (C=O) groups excluding carboxylic acids is 1. The number of hydrogen-bond acceptors (Lipinski definition) is 7. The standard InChI is InChI=1S/C10H18N4O3S/c1-14(2)10-13-9(17-3)7(18-10)5-12-4-6(15)8(11)16/h6,12,15H,4-5H2,1-3H3,(H2,11,16). The minimum atomic E-state index is -1.18. The van der Waals surface area contributed by atoms with Gasteiger partial charge in [0.05, 0.1) is 12.0 Å². The maximum Gasteiger partial charge on any atom is 0.247 e. The first-order valence-electron chi connectivity index (χ1n) is 5.34. The highest BCUT2D eigenvalue weighted by atomic mass is 32.1. The SMILES string of the molecule is COc1nc(N(C)C)sc1CNCC(O)C(N)=O. The number of methoxy groups -OCH3 is 1. The van der Waals surface area contributed by atoms with Crippen LogP contribution in [0.1, 0.15) is 4.88 Å². The fraction of sp³-hybridized carbons (Fsp3) is 0.600. The van der Waals surface area contributed by atoms with Crippen LogP contribution in [0.5, 0.6) is 5.88 Å². The highest BCUT2D eigenvalue weighted by Gasteiger charge is 2.14. The lowest BCUT2D eigenvalue weighted by Crippen LogP contribution is -2.37. The van der Waals surface area contributed by atoms with Gasteiger partial charge in [-0.15, -0.1) is 0 Å². The number of aliphatic hydroxyl groups excluding tert-OH is 1. The lowest BCUT2D eigenvalue weighted by Gasteiger charge is -2.07. The van der Waals surface area contributed by atoms with Gasteiger partial charge < -0.3 is 25.8 Å². The number of carbonyl (C=O) groups is 1. The van der Waals surface area contributed by atoms with E-state index >= 15 is 0 Å². The summed E-state index contributed by atoms with van der Waals surface area (Å²) < 4.78 is 5.16. The normalized spacial score (nSPS) is 12.2. The first-order valence-corrected chi connectivity index (χ1v) is 6.16. The second kappa shape index (κ2) is 6.53. The molecule has 1 heterocycles. The van der Waals surface area contributed by atoms with Crippen LogP contribution in [0.4, 0.5) is 5.13 Å². The summed E-state index contributed by atoms with van der Waals surface area (Å²) in [6.07, 6.45) is -1.18. The van der Waals surface area contributed by atoms with Gasteiger partial charge in [0, 0.05) is 27.2 Å². The van der Waals surface area contributed by atoms with Gasteiger partial charge in [-0.05, 0) is 0 Å². The van der Waals surface area contributed by atoms with E-state index in [0.717, 1.165) is 10.0 Å². The summed E-state index contributed by atoms with van der Waals surface area (Å²) in [5, 5.41) is 13.0. The number of nitrogens with two attached hydrogens (primary N) is 1. The molecule has 7 nitrogen and oxygen atoms in total. The van der Waals surface area contributed by atoms with Gasteiger partial charge in [0.1, 0.15) is 6.10 Å². The molecule has 1 unspecified atom stereocenters. The van der Waals surface area contributed by atoms with E-state index in [9.17, 15) is 9.90 Å². The molecule has 4 N–H and O–H groups in total. The Kier molecular flexibility index (Phi) is 5.32. The molecule has 0 aliphatic rings. The van der Waals surface area contributed by atoms with Crippen molar-refractivity contribution in [3.8, 4) is 5.88 Å². The van der Waals surface area contributed by atoms with Gasteiger partial charge in [-0.25, -0.2) is 0 Å². The molecule has 0 aliphatic carbocycles. The second-order valence-electron chi connectivity index (χ2n) is 3.87. The smallest absolute Gasteiger partial charge is 0.247 e. The Labute approximate surface area is 110 Å². The summed E-state index contributed by atoms with van der Waals surface area (Å²) in [4.78, 5) is 17.7. The van der Waals surface area contributed by atoms with Gasteiger partial charge in [0.25, 0.3) is 0 Å². The zero-order chi connectivity index (χ0) is 13.7. The first kappa shape index (κ1) is 14.7. The third-order valence-electron chi connectivity index (χ3n) is 2.18. The van der Waals surface area contributed by atoms with Crippen LogP contribution in [0.15, 0.2) is 0 Å². The molecular weight excluding hydrogens is 256 g/mol. The lowest BCUT2D eigenvalue weighted by atomic mass is 10.3. The van der Waals surface area contributed by atoms with Crippen molar-refractivity contribution >= 4 is 22.4 Å². The highest BCUT2D eigenvalue weighted by molar-refractivity contribution is 7.15. The van der Waals surface area contributed by atoms with Gasteiger partial charge in [-0.1, -0.05) is 11.3 Å². The predicted molar refractivity (Wildman–Crippen MR) is 69.9 cm³/mol. The van der Waals surface area contributed by atoms with E-state index < -0.39 is 12.0 Å². The van der Waals surface area contributed by atoms with Gasteiger partial charge in [0.2, 0.25) is 11.8 Å². The number of ether oxygens (including phenoxy) is 1. The van der Waals surface area contributed by atoms with E-state index in [0.29, 0.717) is 12.4 Å². The number of nitrogens with one attached hydrogen (secondary N) is 1. The topological polar surface area (TPSA) is 101 Å². The van der Waals surface area contributed by atoms with Crippen LogP contribution in [-0.2, 0) is 11.3 Å². The van der Waals surface area contributed by atoms with Crippen LogP contribution in [-0.4, -0.2) is 49.9 Å². The number of anilines is 1. The fourth-order valence-corrected chi connectivity index (χ4v) is 2.13. The highest BCUT2D eigenvalue weighted by Crippen LogP contribution is 2.29. The maximum absolute atomic E-state index is 10.6. The molecule has 0 aromatic carbocycles. The van der Waals surface area contributed by atoms with Crippen molar-refractivity contribution in [1.82, 2.24) is 10.3 Å². The van der Waals surface area contributed by atoms with Crippen LogP contribution in [0.3, 0.4) is 0 Å².